The first-order chi connectivity index (χ1) is 7.31. The summed E-state index contributed by atoms with van der Waals surface area (Å²) < 4.78 is 0. The highest BCUT2D eigenvalue weighted by atomic mass is 15.1. The summed E-state index contributed by atoms with van der Waals surface area (Å²) in [6.07, 6.45) is 8.98. The Bertz CT molecular complexity index is 131. The Labute approximate surface area is 105 Å². The van der Waals surface area contributed by atoms with E-state index in [2.05, 4.69) is 11.9 Å². The molecule has 0 atom stereocenters. The summed E-state index contributed by atoms with van der Waals surface area (Å²) in [5.74, 6) is 0. The van der Waals surface area contributed by atoms with Gasteiger partial charge >= 0.3 is 0 Å². The molecule has 0 bridgehead atoms. The monoisotopic (exact) mass is 229 g/mol. The van der Waals surface area contributed by atoms with Crippen molar-refractivity contribution in [1.29, 1.82) is 0 Å². The van der Waals surface area contributed by atoms with Gasteiger partial charge in [-0.25, -0.2) is 0 Å². The average Bonchev–Trinajstić information content (AvgIpc) is 2.66. The van der Waals surface area contributed by atoms with Crippen molar-refractivity contribution in [2.75, 3.05) is 20.1 Å². The second-order valence-corrected chi connectivity index (χ2v) is 4.55. The van der Waals surface area contributed by atoms with E-state index in [0.717, 1.165) is 5.41 Å². The molecule has 1 heterocycles. The number of nitrogens with zero attached hydrogens (tertiary/aromatic N) is 1. The molecule has 1 nitrogen and oxygen atoms in total. The molecule has 0 aromatic heterocycles. The first kappa shape index (κ1) is 18.3. The van der Waals surface area contributed by atoms with Crippen LogP contribution in [0.25, 0.3) is 0 Å². The first-order valence-electron chi connectivity index (χ1n) is 6.99. The van der Waals surface area contributed by atoms with Crippen molar-refractivity contribution < 1.29 is 0 Å². The molecule has 0 aromatic carbocycles. The zero-order valence-corrected chi connectivity index (χ0v) is 11.6. The van der Waals surface area contributed by atoms with Gasteiger partial charge in [-0.2, -0.15) is 0 Å². The molecule has 0 N–H and O–H groups in total. The third kappa shape index (κ3) is 5.34. The fourth-order valence-electron chi connectivity index (χ4n) is 2.87. The van der Waals surface area contributed by atoms with Crippen molar-refractivity contribution >= 4 is 0 Å². The van der Waals surface area contributed by atoms with Crippen molar-refractivity contribution in [2.45, 2.75) is 73.6 Å². The Kier molecular flexibility index (Phi) is 11.6. The number of hydrogen-bond donors (Lipinski definition) is 0. The average molecular weight is 229 g/mol. The smallest absolute Gasteiger partial charge is 0.00354 e. The van der Waals surface area contributed by atoms with Gasteiger partial charge < -0.3 is 4.90 Å². The van der Waals surface area contributed by atoms with Crippen LogP contribution in [0.15, 0.2) is 0 Å². The lowest BCUT2D eigenvalue weighted by Crippen LogP contribution is -2.27. The van der Waals surface area contributed by atoms with Crippen LogP contribution in [0.4, 0.5) is 0 Å². The lowest BCUT2D eigenvalue weighted by atomic mass is 9.74. The molecule has 2 aliphatic rings. The summed E-state index contributed by atoms with van der Waals surface area (Å²) in [4.78, 5) is 2.51. The van der Waals surface area contributed by atoms with E-state index in [1.807, 2.05) is 27.7 Å². The predicted molar refractivity (Wildman–Crippen MR) is 77.1 cm³/mol. The molecule has 2 fully saturated rings. The molecule has 0 radical (unpaired) electrons. The molecule has 1 spiro atoms. The van der Waals surface area contributed by atoms with Crippen LogP contribution in [-0.2, 0) is 0 Å². The van der Waals surface area contributed by atoms with E-state index in [1.165, 1.54) is 51.6 Å². The predicted octanol–water partition coefficient (Wildman–Crippen LogP) is 4.96. The van der Waals surface area contributed by atoms with Crippen LogP contribution in [0.5, 0.6) is 0 Å². The van der Waals surface area contributed by atoms with E-state index in [-0.39, 0.29) is 7.43 Å². The van der Waals surface area contributed by atoms with E-state index < -0.39 is 0 Å². The molecular formula is C15H35N. The molecule has 1 saturated carbocycles. The van der Waals surface area contributed by atoms with Crippen molar-refractivity contribution in [2.24, 2.45) is 5.41 Å². The minimum Gasteiger partial charge on any atom is -0.306 e. The van der Waals surface area contributed by atoms with Gasteiger partial charge in [0.05, 0.1) is 0 Å². The maximum Gasteiger partial charge on any atom is 0.00354 e. The molecule has 1 aliphatic carbocycles. The number of hydrogen-bond acceptors (Lipinski definition) is 1. The third-order valence-electron chi connectivity index (χ3n) is 3.54. The third-order valence-corrected chi connectivity index (χ3v) is 3.54. The SMILES string of the molecule is C.CC.CC.CN1CCC2(CCCCC2)C1. The van der Waals surface area contributed by atoms with Crippen molar-refractivity contribution in [1.82, 2.24) is 4.90 Å². The van der Waals surface area contributed by atoms with E-state index in [0.29, 0.717) is 0 Å². The molecule has 1 saturated heterocycles. The normalized spacial score (nSPS) is 22.3. The summed E-state index contributed by atoms with van der Waals surface area (Å²) in [5, 5.41) is 0. The lowest BCUT2D eigenvalue weighted by molar-refractivity contribution is 0.195. The summed E-state index contributed by atoms with van der Waals surface area (Å²) in [6.45, 7) is 10.7. The van der Waals surface area contributed by atoms with E-state index in [1.54, 1.807) is 0 Å². The Morgan fingerprint density at radius 2 is 1.31 bits per heavy atom. The maximum atomic E-state index is 2.51. The standard InChI is InChI=1S/C10H19N.2C2H6.CH4/c1-11-8-7-10(9-11)5-3-2-4-6-10;2*1-2;/h2-9H2,1H3;2*1-2H3;1H4. The fraction of sp³-hybridized carbons (Fsp3) is 1.00. The van der Waals surface area contributed by atoms with Gasteiger partial charge in [0.15, 0.2) is 0 Å². The second kappa shape index (κ2) is 10.1. The topological polar surface area (TPSA) is 3.24 Å². The van der Waals surface area contributed by atoms with E-state index in [9.17, 15) is 0 Å². The molecule has 1 aliphatic heterocycles. The van der Waals surface area contributed by atoms with E-state index >= 15 is 0 Å². The molecular weight excluding hydrogens is 194 g/mol. The van der Waals surface area contributed by atoms with Gasteiger partial charge in [0.1, 0.15) is 0 Å². The fourth-order valence-corrected chi connectivity index (χ4v) is 2.87. The highest BCUT2D eigenvalue weighted by molar-refractivity contribution is 4.90. The minimum absolute atomic E-state index is 0. The minimum atomic E-state index is 0. The summed E-state index contributed by atoms with van der Waals surface area (Å²) in [7, 11) is 2.27. The second-order valence-electron chi connectivity index (χ2n) is 4.55. The maximum absolute atomic E-state index is 2.51. The van der Waals surface area contributed by atoms with Crippen LogP contribution < -0.4 is 0 Å². The van der Waals surface area contributed by atoms with Gasteiger partial charge in [-0.15, -0.1) is 0 Å². The Hall–Kier alpha value is -0.0400. The van der Waals surface area contributed by atoms with Crippen LogP contribution >= 0.6 is 0 Å². The Morgan fingerprint density at radius 1 is 0.812 bits per heavy atom. The van der Waals surface area contributed by atoms with Crippen LogP contribution in [0.3, 0.4) is 0 Å². The van der Waals surface area contributed by atoms with Crippen molar-refractivity contribution in [3.63, 3.8) is 0 Å². The Balaban J connectivity index is 0. The van der Waals surface area contributed by atoms with Gasteiger partial charge in [-0.05, 0) is 38.3 Å². The van der Waals surface area contributed by atoms with Gasteiger partial charge in [0, 0.05) is 6.54 Å². The quantitative estimate of drug-likeness (QED) is 0.567. The number of likely N-dealkylation sites (tertiary alicyclic amines) is 1. The molecule has 2 rings (SSSR count). The van der Waals surface area contributed by atoms with Crippen LogP contribution in [0, 0.1) is 5.41 Å². The number of rotatable bonds is 0. The van der Waals surface area contributed by atoms with Crippen LogP contribution in [0.2, 0.25) is 0 Å². The molecule has 0 amide bonds. The molecule has 0 unspecified atom stereocenters. The highest BCUT2D eigenvalue weighted by Gasteiger charge is 2.36. The van der Waals surface area contributed by atoms with Crippen LogP contribution in [-0.4, -0.2) is 25.0 Å². The highest BCUT2D eigenvalue weighted by Crippen LogP contribution is 2.42. The summed E-state index contributed by atoms with van der Waals surface area (Å²) in [6, 6.07) is 0. The molecule has 1 heteroatoms. The first-order valence-corrected chi connectivity index (χ1v) is 6.99. The van der Waals surface area contributed by atoms with Gasteiger partial charge in [0.2, 0.25) is 0 Å². The zero-order chi connectivity index (χ0) is 11.7. The van der Waals surface area contributed by atoms with Gasteiger partial charge in [0.25, 0.3) is 0 Å². The lowest BCUT2D eigenvalue weighted by Gasteiger charge is -2.32. The van der Waals surface area contributed by atoms with Crippen molar-refractivity contribution in [3.8, 4) is 0 Å². The van der Waals surface area contributed by atoms with Gasteiger partial charge in [-0.1, -0.05) is 54.4 Å². The largest absolute Gasteiger partial charge is 0.306 e. The molecule has 0 aromatic rings. The summed E-state index contributed by atoms with van der Waals surface area (Å²) >= 11 is 0. The van der Waals surface area contributed by atoms with Gasteiger partial charge in [-0.3, -0.25) is 0 Å². The van der Waals surface area contributed by atoms with Crippen LogP contribution in [0.1, 0.15) is 73.6 Å². The summed E-state index contributed by atoms with van der Waals surface area (Å²) in [5.41, 5.74) is 0.771. The Morgan fingerprint density at radius 3 is 1.69 bits per heavy atom. The zero-order valence-electron chi connectivity index (χ0n) is 11.6. The van der Waals surface area contributed by atoms with E-state index in [4.69, 9.17) is 0 Å². The molecule has 100 valence electrons. The molecule has 16 heavy (non-hydrogen) atoms. The van der Waals surface area contributed by atoms with Crippen molar-refractivity contribution in [3.05, 3.63) is 0 Å².